The summed E-state index contributed by atoms with van der Waals surface area (Å²) in [4.78, 5) is 44.8. The van der Waals surface area contributed by atoms with E-state index >= 15 is 0 Å². The first kappa shape index (κ1) is 33.6. The Balaban J connectivity index is 1.60. The van der Waals surface area contributed by atoms with Crippen molar-refractivity contribution in [2.75, 3.05) is 42.6 Å². The number of fused-ring (bicyclic) bond motifs is 2. The molecule has 0 saturated carbocycles. The maximum absolute atomic E-state index is 14.0. The highest BCUT2D eigenvalue weighted by molar-refractivity contribution is 6.31. The van der Waals surface area contributed by atoms with E-state index in [9.17, 15) is 14.4 Å². The number of rotatable bonds is 8. The van der Waals surface area contributed by atoms with E-state index in [2.05, 4.69) is 0 Å². The molecule has 2 aromatic rings. The highest BCUT2D eigenvalue weighted by atomic mass is 35.5. The molecule has 2 aliphatic rings. The molecule has 0 aliphatic carbocycles. The van der Waals surface area contributed by atoms with E-state index in [1.54, 1.807) is 58.6 Å². The number of anilines is 3. The maximum Gasteiger partial charge on any atom is 0.419 e. The van der Waals surface area contributed by atoms with Crippen LogP contribution in [0.1, 0.15) is 77.6 Å². The second-order valence-corrected chi connectivity index (χ2v) is 13.3. The zero-order valence-electron chi connectivity index (χ0n) is 26.6. The zero-order chi connectivity index (χ0) is 32.1. The van der Waals surface area contributed by atoms with Gasteiger partial charge in [-0.05, 0) is 97.6 Å². The summed E-state index contributed by atoms with van der Waals surface area (Å²) in [6.07, 6.45) is 1.44. The molecule has 0 aromatic heterocycles. The van der Waals surface area contributed by atoms with Crippen molar-refractivity contribution in [3.8, 4) is 0 Å². The van der Waals surface area contributed by atoms with E-state index in [1.165, 1.54) is 0 Å². The molecule has 0 spiro atoms. The van der Waals surface area contributed by atoms with Crippen LogP contribution in [0.25, 0.3) is 0 Å². The van der Waals surface area contributed by atoms with Crippen LogP contribution in [0.4, 0.5) is 26.7 Å². The third kappa shape index (κ3) is 8.86. The van der Waals surface area contributed by atoms with Crippen LogP contribution >= 0.6 is 11.6 Å². The predicted octanol–water partition coefficient (Wildman–Crippen LogP) is 7.54. The molecule has 10 nitrogen and oxygen atoms in total. The van der Waals surface area contributed by atoms with Gasteiger partial charge in [-0.2, -0.15) is 0 Å². The van der Waals surface area contributed by atoms with Gasteiger partial charge in [0.25, 0.3) is 5.91 Å². The van der Waals surface area contributed by atoms with Crippen LogP contribution in [0.15, 0.2) is 42.5 Å². The Morgan fingerprint density at radius 3 is 2.23 bits per heavy atom. The minimum atomic E-state index is -0.798. The summed E-state index contributed by atoms with van der Waals surface area (Å²) in [5, 5.41) is 0.511. The molecule has 2 aliphatic heterocycles. The van der Waals surface area contributed by atoms with Crippen LogP contribution in [0.3, 0.4) is 0 Å². The number of benzene rings is 2. The molecule has 0 N–H and O–H groups in total. The summed E-state index contributed by atoms with van der Waals surface area (Å²) in [6, 6.07) is 12.8. The first-order valence-electron chi connectivity index (χ1n) is 15.2. The second kappa shape index (κ2) is 14.2. The Labute approximate surface area is 265 Å². The van der Waals surface area contributed by atoms with Gasteiger partial charge in [0.15, 0.2) is 6.29 Å². The molecule has 4 rings (SSSR count). The molecule has 2 aromatic carbocycles. The van der Waals surface area contributed by atoms with Gasteiger partial charge in [-0.1, -0.05) is 23.7 Å². The standard InChI is InChI=1S/C33H44ClN3O7/c1-32(2,3)43-30(39)37(31(40)44-33(4,5)6)18-11-17-35-25-13-8-7-12-24(25)29(38)36(26-16-15-23(34)22-27(26)35)19-21-42-28-14-9-10-20-41-28/h7-8,12-13,15-16,22,28H,9-11,14,17-21H2,1-6H3. The van der Waals surface area contributed by atoms with Crippen LogP contribution in [-0.2, 0) is 18.9 Å². The average molecular weight is 630 g/mol. The van der Waals surface area contributed by atoms with Crippen molar-refractivity contribution in [3.63, 3.8) is 0 Å². The largest absolute Gasteiger partial charge is 0.443 e. The van der Waals surface area contributed by atoms with Gasteiger partial charge in [-0.25, -0.2) is 14.5 Å². The highest BCUT2D eigenvalue weighted by Crippen LogP contribution is 2.42. The Hall–Kier alpha value is -3.34. The molecular weight excluding hydrogens is 586 g/mol. The highest BCUT2D eigenvalue weighted by Gasteiger charge is 2.33. The Morgan fingerprint density at radius 1 is 0.909 bits per heavy atom. The van der Waals surface area contributed by atoms with E-state index in [0.717, 1.165) is 29.8 Å². The number of hydrogen-bond donors (Lipinski definition) is 0. The first-order valence-corrected chi connectivity index (χ1v) is 15.6. The summed E-state index contributed by atoms with van der Waals surface area (Å²) in [7, 11) is 0. The first-order chi connectivity index (χ1) is 20.7. The van der Waals surface area contributed by atoms with Crippen molar-refractivity contribution < 1.29 is 33.3 Å². The van der Waals surface area contributed by atoms with Crippen molar-refractivity contribution in [1.29, 1.82) is 0 Å². The molecule has 11 heteroatoms. The Kier molecular flexibility index (Phi) is 10.8. The third-order valence-corrected chi connectivity index (χ3v) is 7.17. The minimum Gasteiger partial charge on any atom is -0.443 e. The Morgan fingerprint density at radius 2 is 1.59 bits per heavy atom. The molecule has 44 heavy (non-hydrogen) atoms. The monoisotopic (exact) mass is 629 g/mol. The number of para-hydroxylation sites is 1. The van der Waals surface area contributed by atoms with Gasteiger partial charge < -0.3 is 28.7 Å². The van der Waals surface area contributed by atoms with Gasteiger partial charge in [0.2, 0.25) is 0 Å². The summed E-state index contributed by atoms with van der Waals surface area (Å²) in [5.41, 5.74) is 1.03. The lowest BCUT2D eigenvalue weighted by atomic mass is 10.1. The number of amides is 3. The normalized spacial score (nSPS) is 17.0. The van der Waals surface area contributed by atoms with E-state index < -0.39 is 23.4 Å². The molecule has 1 unspecified atom stereocenters. The van der Waals surface area contributed by atoms with Crippen molar-refractivity contribution in [3.05, 3.63) is 53.1 Å². The predicted molar refractivity (Wildman–Crippen MR) is 170 cm³/mol. The van der Waals surface area contributed by atoms with E-state index in [4.69, 9.17) is 30.5 Å². The molecule has 1 saturated heterocycles. The van der Waals surface area contributed by atoms with Crippen LogP contribution in [-0.4, -0.2) is 73.3 Å². The van der Waals surface area contributed by atoms with Crippen molar-refractivity contribution in [2.45, 2.75) is 84.7 Å². The molecule has 2 heterocycles. The van der Waals surface area contributed by atoms with Gasteiger partial charge in [0.1, 0.15) is 11.2 Å². The molecular formula is C33H44ClN3O7. The van der Waals surface area contributed by atoms with Gasteiger partial charge >= 0.3 is 12.2 Å². The summed E-state index contributed by atoms with van der Waals surface area (Å²) in [6.45, 7) is 12.1. The fourth-order valence-electron chi connectivity index (χ4n) is 5.07. The smallest absolute Gasteiger partial charge is 0.419 e. The number of carbonyl (C=O) groups excluding carboxylic acids is 3. The zero-order valence-corrected chi connectivity index (χ0v) is 27.3. The summed E-state index contributed by atoms with van der Waals surface area (Å²) < 4.78 is 22.7. The lowest BCUT2D eigenvalue weighted by molar-refractivity contribution is -0.160. The van der Waals surface area contributed by atoms with Gasteiger partial charge in [-0.15, -0.1) is 0 Å². The molecule has 0 radical (unpaired) electrons. The number of halogens is 1. The topological polar surface area (TPSA) is 97.9 Å². The Bertz CT molecular complexity index is 1300. The van der Waals surface area contributed by atoms with E-state index in [-0.39, 0.29) is 18.7 Å². The van der Waals surface area contributed by atoms with Gasteiger partial charge in [-0.3, -0.25) is 4.79 Å². The maximum atomic E-state index is 14.0. The van der Waals surface area contributed by atoms with Gasteiger partial charge in [0.05, 0.1) is 29.2 Å². The lowest BCUT2D eigenvalue weighted by Crippen LogP contribution is -2.44. The van der Waals surface area contributed by atoms with E-state index in [0.29, 0.717) is 54.7 Å². The number of imide groups is 1. The van der Waals surface area contributed by atoms with Crippen LogP contribution in [0, 0.1) is 0 Å². The third-order valence-electron chi connectivity index (χ3n) is 6.94. The number of carbonyl (C=O) groups is 3. The molecule has 240 valence electrons. The van der Waals surface area contributed by atoms with E-state index in [1.807, 2.05) is 35.2 Å². The number of nitrogens with zero attached hydrogens (tertiary/aromatic N) is 3. The van der Waals surface area contributed by atoms with Crippen LogP contribution in [0.5, 0.6) is 0 Å². The fraction of sp³-hybridized carbons (Fsp3) is 0.545. The minimum absolute atomic E-state index is 0.0330. The summed E-state index contributed by atoms with van der Waals surface area (Å²) >= 11 is 6.50. The van der Waals surface area contributed by atoms with Crippen LogP contribution < -0.4 is 9.80 Å². The van der Waals surface area contributed by atoms with Crippen molar-refractivity contribution >= 4 is 46.8 Å². The fourth-order valence-corrected chi connectivity index (χ4v) is 5.24. The lowest BCUT2D eigenvalue weighted by Gasteiger charge is -2.30. The van der Waals surface area contributed by atoms with Crippen molar-refractivity contribution in [1.82, 2.24) is 4.90 Å². The second-order valence-electron chi connectivity index (χ2n) is 12.9. The molecule has 1 fully saturated rings. The molecule has 1 atom stereocenters. The van der Waals surface area contributed by atoms with Gasteiger partial charge in [0, 0.05) is 31.3 Å². The number of hydrogen-bond acceptors (Lipinski definition) is 8. The SMILES string of the molecule is CC(C)(C)OC(=O)N(CCCN1c2ccccc2C(=O)N(CCOC2CCCCO2)c2ccc(Cl)cc21)C(=O)OC(C)(C)C. The van der Waals surface area contributed by atoms with Crippen molar-refractivity contribution in [2.24, 2.45) is 0 Å². The quantitative estimate of drug-likeness (QED) is 0.295. The summed E-state index contributed by atoms with van der Waals surface area (Å²) in [5.74, 6) is -0.163. The number of ether oxygens (including phenoxy) is 4. The average Bonchev–Trinajstić information content (AvgIpc) is 3.02. The molecule has 0 bridgehead atoms. The molecule has 3 amide bonds. The van der Waals surface area contributed by atoms with Crippen LogP contribution in [0.2, 0.25) is 5.02 Å².